The van der Waals surface area contributed by atoms with Crippen molar-refractivity contribution in [1.29, 1.82) is 0 Å². The minimum Gasteiger partial charge on any atom is -0.439 e. The lowest BCUT2D eigenvalue weighted by Crippen LogP contribution is -2.36. The zero-order valence-corrected chi connectivity index (χ0v) is 15.3. The van der Waals surface area contributed by atoms with E-state index in [1.54, 1.807) is 37.5 Å². The van der Waals surface area contributed by atoms with Gasteiger partial charge in [0.25, 0.3) is 0 Å². The first kappa shape index (κ1) is 19.3. The molecule has 2 N–H and O–H groups in total. The Kier molecular flexibility index (Phi) is 6.51. The summed E-state index contributed by atoms with van der Waals surface area (Å²) in [6.07, 6.45) is 1.61. The molecule has 0 aliphatic rings. The summed E-state index contributed by atoms with van der Waals surface area (Å²) >= 11 is 0. The summed E-state index contributed by atoms with van der Waals surface area (Å²) in [5, 5.41) is 6.28. The molecule has 1 aromatic heterocycles. The average Bonchev–Trinajstić information content (AvgIpc) is 2.69. The molecule has 0 bridgehead atoms. The van der Waals surface area contributed by atoms with E-state index < -0.39 is 0 Å². The maximum Gasteiger partial charge on any atom is 0.224 e. The van der Waals surface area contributed by atoms with Gasteiger partial charge in [-0.2, -0.15) is 0 Å². The molecule has 7 heteroatoms. The van der Waals surface area contributed by atoms with Gasteiger partial charge in [0.1, 0.15) is 17.4 Å². The maximum absolute atomic E-state index is 13.4. The van der Waals surface area contributed by atoms with Crippen LogP contribution in [0.5, 0.6) is 11.6 Å². The van der Waals surface area contributed by atoms with Crippen LogP contribution in [0, 0.1) is 11.6 Å². The molecule has 0 unspecified atom stereocenters. The lowest BCUT2D eigenvalue weighted by molar-refractivity contribution is 0.450. The van der Waals surface area contributed by atoms with Gasteiger partial charge in [-0.1, -0.05) is 24.3 Å². The van der Waals surface area contributed by atoms with Crippen LogP contribution >= 0.6 is 0 Å². The van der Waals surface area contributed by atoms with E-state index in [0.29, 0.717) is 30.7 Å². The van der Waals surface area contributed by atoms with Crippen molar-refractivity contribution in [2.24, 2.45) is 4.99 Å². The van der Waals surface area contributed by atoms with E-state index in [0.717, 1.165) is 11.1 Å². The van der Waals surface area contributed by atoms with Crippen LogP contribution < -0.4 is 15.4 Å². The monoisotopic (exact) mass is 382 g/mol. The predicted octanol–water partition coefficient (Wildman–Crippen LogP) is 4.02. The second-order valence-electron chi connectivity index (χ2n) is 5.94. The zero-order chi connectivity index (χ0) is 19.8. The summed E-state index contributed by atoms with van der Waals surface area (Å²) in [5.41, 5.74) is 1.58. The number of aliphatic imine (C=N–C) groups is 1. The molecule has 0 radical (unpaired) electrons. The minimum atomic E-state index is -0.380. The van der Waals surface area contributed by atoms with Gasteiger partial charge in [0.05, 0.1) is 0 Å². The maximum atomic E-state index is 13.4. The van der Waals surface area contributed by atoms with Crippen molar-refractivity contribution in [2.75, 3.05) is 7.05 Å². The van der Waals surface area contributed by atoms with E-state index in [1.165, 1.54) is 24.3 Å². The molecular formula is C21H20F2N4O. The van der Waals surface area contributed by atoms with Gasteiger partial charge in [-0.05, 0) is 35.9 Å². The molecule has 0 aliphatic heterocycles. The van der Waals surface area contributed by atoms with Crippen LogP contribution in [0.15, 0.2) is 71.9 Å². The van der Waals surface area contributed by atoms with Crippen LogP contribution in [0.2, 0.25) is 0 Å². The van der Waals surface area contributed by atoms with Crippen molar-refractivity contribution in [2.45, 2.75) is 13.1 Å². The topological polar surface area (TPSA) is 58.5 Å². The third-order valence-corrected chi connectivity index (χ3v) is 3.88. The molecule has 0 fully saturated rings. The van der Waals surface area contributed by atoms with E-state index in [2.05, 4.69) is 20.6 Å². The molecule has 2 aromatic carbocycles. The fourth-order valence-electron chi connectivity index (χ4n) is 2.52. The number of aromatic nitrogens is 1. The number of ether oxygens (including phenoxy) is 1. The van der Waals surface area contributed by atoms with Crippen molar-refractivity contribution < 1.29 is 13.5 Å². The molecule has 1 heterocycles. The first-order valence-corrected chi connectivity index (χ1v) is 8.70. The molecule has 0 saturated heterocycles. The number of guanidine groups is 1. The minimum absolute atomic E-state index is 0.281. The van der Waals surface area contributed by atoms with Crippen LogP contribution in [0.3, 0.4) is 0 Å². The SMILES string of the molecule is CN=C(NCc1cccc(F)c1)NCc1cccnc1Oc1cccc(F)c1. The van der Waals surface area contributed by atoms with Gasteiger partial charge in [0, 0.05) is 38.0 Å². The first-order chi connectivity index (χ1) is 13.6. The van der Waals surface area contributed by atoms with E-state index >= 15 is 0 Å². The Hall–Kier alpha value is -3.48. The Morgan fingerprint density at radius 1 is 0.964 bits per heavy atom. The molecule has 0 atom stereocenters. The lowest BCUT2D eigenvalue weighted by atomic mass is 10.2. The number of nitrogens with zero attached hydrogens (tertiary/aromatic N) is 2. The highest BCUT2D eigenvalue weighted by molar-refractivity contribution is 5.79. The third-order valence-electron chi connectivity index (χ3n) is 3.88. The van der Waals surface area contributed by atoms with Crippen molar-refractivity contribution in [3.63, 3.8) is 0 Å². The molecule has 0 aliphatic carbocycles. The molecule has 0 spiro atoms. The summed E-state index contributed by atoms with van der Waals surface area (Å²) in [6, 6.07) is 15.9. The highest BCUT2D eigenvalue weighted by atomic mass is 19.1. The second-order valence-corrected chi connectivity index (χ2v) is 5.94. The largest absolute Gasteiger partial charge is 0.439 e. The molecule has 28 heavy (non-hydrogen) atoms. The summed E-state index contributed by atoms with van der Waals surface area (Å²) in [6.45, 7) is 0.818. The molecule has 3 aromatic rings. The van der Waals surface area contributed by atoms with Crippen molar-refractivity contribution in [1.82, 2.24) is 15.6 Å². The predicted molar refractivity (Wildman–Crippen MR) is 104 cm³/mol. The molecule has 144 valence electrons. The number of hydrogen-bond acceptors (Lipinski definition) is 3. The van der Waals surface area contributed by atoms with Crippen molar-refractivity contribution >= 4 is 5.96 Å². The number of rotatable bonds is 6. The smallest absolute Gasteiger partial charge is 0.224 e. The van der Waals surface area contributed by atoms with Crippen LogP contribution in [0.1, 0.15) is 11.1 Å². The first-order valence-electron chi connectivity index (χ1n) is 8.70. The molecule has 3 rings (SSSR count). The molecular weight excluding hydrogens is 362 g/mol. The van der Waals surface area contributed by atoms with Gasteiger partial charge in [0.2, 0.25) is 5.88 Å². The standard InChI is InChI=1S/C21H20F2N4O/c1-24-21(26-13-15-5-2-7-17(22)11-15)27-14-16-6-4-10-25-20(16)28-19-9-3-8-18(23)12-19/h2-12H,13-14H2,1H3,(H2,24,26,27). The van der Waals surface area contributed by atoms with Crippen LogP contribution in [-0.2, 0) is 13.1 Å². The fraction of sp³-hybridized carbons (Fsp3) is 0.143. The van der Waals surface area contributed by atoms with E-state index in [9.17, 15) is 8.78 Å². The van der Waals surface area contributed by atoms with Crippen molar-refractivity contribution in [3.05, 3.63) is 89.6 Å². The fourth-order valence-corrected chi connectivity index (χ4v) is 2.52. The molecule has 0 amide bonds. The number of hydrogen-bond donors (Lipinski definition) is 2. The van der Waals surface area contributed by atoms with E-state index in [4.69, 9.17) is 4.74 Å². The highest BCUT2D eigenvalue weighted by Gasteiger charge is 2.08. The summed E-state index contributed by atoms with van der Waals surface area (Å²) in [7, 11) is 1.65. The average molecular weight is 382 g/mol. The van der Waals surface area contributed by atoms with Gasteiger partial charge in [-0.25, -0.2) is 13.8 Å². The van der Waals surface area contributed by atoms with Crippen LogP contribution in [0.25, 0.3) is 0 Å². The van der Waals surface area contributed by atoms with Gasteiger partial charge in [-0.15, -0.1) is 0 Å². The zero-order valence-electron chi connectivity index (χ0n) is 15.3. The Balaban J connectivity index is 1.61. The van der Waals surface area contributed by atoms with Gasteiger partial charge in [0.15, 0.2) is 5.96 Å². The third kappa shape index (κ3) is 5.51. The Labute approximate surface area is 162 Å². The van der Waals surface area contributed by atoms with Gasteiger partial charge >= 0.3 is 0 Å². The second kappa shape index (κ2) is 9.45. The number of benzene rings is 2. The number of halogens is 2. The lowest BCUT2D eigenvalue weighted by Gasteiger charge is -2.14. The number of pyridine rings is 1. The quantitative estimate of drug-likeness (QED) is 0.499. The van der Waals surface area contributed by atoms with Crippen LogP contribution in [0.4, 0.5) is 8.78 Å². The van der Waals surface area contributed by atoms with Gasteiger partial charge in [-0.3, -0.25) is 4.99 Å². The summed E-state index contributed by atoms with van der Waals surface area (Å²) in [4.78, 5) is 8.38. The summed E-state index contributed by atoms with van der Waals surface area (Å²) < 4.78 is 32.3. The van der Waals surface area contributed by atoms with E-state index in [-0.39, 0.29) is 11.6 Å². The normalized spacial score (nSPS) is 11.2. The van der Waals surface area contributed by atoms with Crippen LogP contribution in [-0.4, -0.2) is 18.0 Å². The molecule has 0 saturated carbocycles. The Morgan fingerprint density at radius 3 is 2.46 bits per heavy atom. The van der Waals surface area contributed by atoms with Gasteiger partial charge < -0.3 is 15.4 Å². The highest BCUT2D eigenvalue weighted by Crippen LogP contribution is 2.23. The van der Waals surface area contributed by atoms with E-state index in [1.807, 2.05) is 12.1 Å². The number of nitrogens with one attached hydrogen (secondary N) is 2. The summed E-state index contributed by atoms with van der Waals surface area (Å²) in [5.74, 6) is 0.631. The Bertz CT molecular complexity index is 962. The van der Waals surface area contributed by atoms with Crippen molar-refractivity contribution in [3.8, 4) is 11.6 Å². The molecule has 5 nitrogen and oxygen atoms in total. The Morgan fingerprint density at radius 2 is 1.71 bits per heavy atom.